The first kappa shape index (κ1) is 13.2. The van der Waals surface area contributed by atoms with Gasteiger partial charge in [0.2, 0.25) is 0 Å². The predicted octanol–water partition coefficient (Wildman–Crippen LogP) is 1.69. The zero-order valence-electron chi connectivity index (χ0n) is 8.20. The predicted molar refractivity (Wildman–Crippen MR) is 54.3 cm³/mol. The summed E-state index contributed by atoms with van der Waals surface area (Å²) in [5, 5.41) is 28.2. The first-order chi connectivity index (χ1) is 7.47. The Kier molecular flexibility index (Phi) is 4.46. The SMILES string of the molecule is Oc1cc(F)c(F)cc1C(O)C(O)CCCl. The number of aliphatic hydroxyl groups is 2. The number of halogens is 3. The van der Waals surface area contributed by atoms with Gasteiger partial charge in [0.15, 0.2) is 11.6 Å². The number of hydrogen-bond donors (Lipinski definition) is 3. The van der Waals surface area contributed by atoms with E-state index in [1.165, 1.54) is 0 Å². The Morgan fingerprint density at radius 3 is 2.31 bits per heavy atom. The third-order valence-corrected chi connectivity index (χ3v) is 2.38. The summed E-state index contributed by atoms with van der Waals surface area (Å²) in [7, 11) is 0. The lowest BCUT2D eigenvalue weighted by molar-refractivity contribution is 0.0154. The van der Waals surface area contributed by atoms with Crippen LogP contribution in [-0.2, 0) is 0 Å². The van der Waals surface area contributed by atoms with Crippen molar-refractivity contribution in [3.05, 3.63) is 29.3 Å². The Hall–Kier alpha value is -0.910. The van der Waals surface area contributed by atoms with E-state index >= 15 is 0 Å². The Morgan fingerprint density at radius 2 is 1.75 bits per heavy atom. The van der Waals surface area contributed by atoms with Crippen LogP contribution in [0, 0.1) is 11.6 Å². The number of phenolic OH excluding ortho intramolecular Hbond substituents is 1. The second-order valence-corrected chi connectivity index (χ2v) is 3.69. The third-order valence-electron chi connectivity index (χ3n) is 2.16. The molecule has 0 saturated heterocycles. The van der Waals surface area contributed by atoms with Gasteiger partial charge in [-0.2, -0.15) is 0 Å². The number of benzene rings is 1. The van der Waals surface area contributed by atoms with Crippen LogP contribution in [0.4, 0.5) is 8.78 Å². The fraction of sp³-hybridized carbons (Fsp3) is 0.400. The highest BCUT2D eigenvalue weighted by Gasteiger charge is 2.22. The summed E-state index contributed by atoms with van der Waals surface area (Å²) >= 11 is 5.36. The fourth-order valence-electron chi connectivity index (χ4n) is 1.27. The molecule has 0 fully saturated rings. The smallest absolute Gasteiger partial charge is 0.162 e. The van der Waals surface area contributed by atoms with Crippen molar-refractivity contribution in [2.75, 3.05) is 5.88 Å². The third kappa shape index (κ3) is 2.81. The second kappa shape index (κ2) is 5.43. The van der Waals surface area contributed by atoms with Gasteiger partial charge in [0.05, 0.1) is 6.10 Å². The number of alkyl halides is 1. The van der Waals surface area contributed by atoms with Gasteiger partial charge in [-0.25, -0.2) is 8.78 Å². The van der Waals surface area contributed by atoms with E-state index in [4.69, 9.17) is 11.6 Å². The maximum atomic E-state index is 12.9. The summed E-state index contributed by atoms with van der Waals surface area (Å²) in [5.41, 5.74) is -0.267. The first-order valence-corrected chi connectivity index (χ1v) is 5.10. The van der Waals surface area contributed by atoms with E-state index < -0.39 is 29.6 Å². The fourth-order valence-corrected chi connectivity index (χ4v) is 1.49. The lowest BCUT2D eigenvalue weighted by Gasteiger charge is -2.18. The standard InChI is InChI=1S/C10H11ClF2O3/c11-2-1-8(14)10(16)5-3-6(12)7(13)4-9(5)15/h3-4,8,10,14-16H,1-2H2. The molecule has 0 spiro atoms. The molecule has 0 saturated carbocycles. The van der Waals surface area contributed by atoms with Crippen LogP contribution in [0.2, 0.25) is 0 Å². The highest BCUT2D eigenvalue weighted by atomic mass is 35.5. The molecule has 2 atom stereocenters. The van der Waals surface area contributed by atoms with Crippen molar-refractivity contribution in [3.8, 4) is 5.75 Å². The second-order valence-electron chi connectivity index (χ2n) is 3.31. The minimum Gasteiger partial charge on any atom is -0.507 e. The summed E-state index contributed by atoms with van der Waals surface area (Å²) in [4.78, 5) is 0. The monoisotopic (exact) mass is 252 g/mol. The van der Waals surface area contributed by atoms with Gasteiger partial charge >= 0.3 is 0 Å². The number of aromatic hydroxyl groups is 1. The minimum absolute atomic E-state index is 0.0706. The molecule has 2 unspecified atom stereocenters. The van der Waals surface area contributed by atoms with Crippen molar-refractivity contribution >= 4 is 11.6 Å². The molecule has 3 N–H and O–H groups in total. The molecule has 90 valence electrons. The Labute approximate surface area is 95.9 Å². The number of rotatable bonds is 4. The summed E-state index contributed by atoms with van der Waals surface area (Å²) < 4.78 is 25.5. The van der Waals surface area contributed by atoms with Gasteiger partial charge in [-0.1, -0.05) is 0 Å². The van der Waals surface area contributed by atoms with Crippen LogP contribution in [0.3, 0.4) is 0 Å². The average molecular weight is 253 g/mol. The molecule has 6 heteroatoms. The largest absolute Gasteiger partial charge is 0.507 e. The molecule has 1 aromatic carbocycles. The normalized spacial score (nSPS) is 14.8. The zero-order chi connectivity index (χ0) is 12.3. The van der Waals surface area contributed by atoms with Crippen LogP contribution in [0.25, 0.3) is 0 Å². The molecule has 0 aliphatic heterocycles. The van der Waals surface area contributed by atoms with E-state index in [1.807, 2.05) is 0 Å². The summed E-state index contributed by atoms with van der Waals surface area (Å²) in [5.74, 6) is -2.94. The molecular weight excluding hydrogens is 242 g/mol. The van der Waals surface area contributed by atoms with E-state index in [2.05, 4.69) is 0 Å². The van der Waals surface area contributed by atoms with Crippen LogP contribution in [0.5, 0.6) is 5.75 Å². The van der Waals surface area contributed by atoms with Crippen molar-refractivity contribution in [3.63, 3.8) is 0 Å². The maximum Gasteiger partial charge on any atom is 0.162 e. The zero-order valence-corrected chi connectivity index (χ0v) is 8.96. The molecule has 16 heavy (non-hydrogen) atoms. The van der Waals surface area contributed by atoms with Gasteiger partial charge < -0.3 is 15.3 Å². The highest BCUT2D eigenvalue weighted by Crippen LogP contribution is 2.29. The summed E-state index contributed by atoms with van der Waals surface area (Å²) in [6, 6.07) is 1.19. The van der Waals surface area contributed by atoms with Gasteiger partial charge in [-0.05, 0) is 12.5 Å². The topological polar surface area (TPSA) is 60.7 Å². The van der Waals surface area contributed by atoms with Crippen LogP contribution in [0.15, 0.2) is 12.1 Å². The molecule has 0 aromatic heterocycles. The summed E-state index contributed by atoms with van der Waals surface area (Å²) in [6.07, 6.45) is -2.68. The quantitative estimate of drug-likeness (QED) is 0.715. The van der Waals surface area contributed by atoms with Gasteiger partial charge in [0, 0.05) is 17.5 Å². The number of hydrogen-bond acceptors (Lipinski definition) is 3. The first-order valence-electron chi connectivity index (χ1n) is 4.57. The minimum atomic E-state index is -1.51. The van der Waals surface area contributed by atoms with Crippen LogP contribution < -0.4 is 0 Å². The molecule has 1 rings (SSSR count). The summed E-state index contributed by atoms with van der Waals surface area (Å²) in [6.45, 7) is 0. The number of aliphatic hydroxyl groups excluding tert-OH is 2. The maximum absolute atomic E-state index is 12.9. The Morgan fingerprint density at radius 1 is 1.19 bits per heavy atom. The van der Waals surface area contributed by atoms with Crippen LogP contribution in [-0.4, -0.2) is 27.3 Å². The van der Waals surface area contributed by atoms with E-state index in [-0.39, 0.29) is 17.9 Å². The van der Waals surface area contributed by atoms with Crippen molar-refractivity contribution in [1.29, 1.82) is 0 Å². The van der Waals surface area contributed by atoms with E-state index in [9.17, 15) is 24.1 Å². The van der Waals surface area contributed by atoms with E-state index in [0.717, 1.165) is 0 Å². The molecule has 0 aliphatic rings. The molecule has 0 aliphatic carbocycles. The molecule has 0 radical (unpaired) electrons. The van der Waals surface area contributed by atoms with Gasteiger partial charge in [0.25, 0.3) is 0 Å². The lowest BCUT2D eigenvalue weighted by atomic mass is 10.0. The molecule has 0 amide bonds. The van der Waals surface area contributed by atoms with Crippen molar-refractivity contribution < 1.29 is 24.1 Å². The lowest BCUT2D eigenvalue weighted by Crippen LogP contribution is -2.19. The highest BCUT2D eigenvalue weighted by molar-refractivity contribution is 6.17. The molecular formula is C10H11ClF2O3. The van der Waals surface area contributed by atoms with Gasteiger partial charge in [-0.15, -0.1) is 11.6 Å². The Bertz CT molecular complexity index is 373. The van der Waals surface area contributed by atoms with Crippen molar-refractivity contribution in [2.24, 2.45) is 0 Å². The molecule has 0 bridgehead atoms. The van der Waals surface area contributed by atoms with E-state index in [0.29, 0.717) is 12.1 Å². The van der Waals surface area contributed by atoms with Crippen LogP contribution in [0.1, 0.15) is 18.1 Å². The average Bonchev–Trinajstić information content (AvgIpc) is 2.23. The molecule has 0 heterocycles. The van der Waals surface area contributed by atoms with E-state index in [1.54, 1.807) is 0 Å². The Balaban J connectivity index is 2.99. The van der Waals surface area contributed by atoms with Crippen LogP contribution >= 0.6 is 11.6 Å². The van der Waals surface area contributed by atoms with Gasteiger partial charge in [-0.3, -0.25) is 0 Å². The van der Waals surface area contributed by atoms with Gasteiger partial charge in [0.1, 0.15) is 11.9 Å². The van der Waals surface area contributed by atoms with Crippen molar-refractivity contribution in [1.82, 2.24) is 0 Å². The number of phenols is 1. The van der Waals surface area contributed by atoms with Crippen molar-refractivity contribution in [2.45, 2.75) is 18.6 Å². The molecule has 3 nitrogen and oxygen atoms in total. The molecule has 1 aromatic rings.